The lowest BCUT2D eigenvalue weighted by Gasteiger charge is -2.18. The van der Waals surface area contributed by atoms with Crippen LogP contribution < -0.4 is 5.32 Å². The maximum atomic E-state index is 13.0. The zero-order chi connectivity index (χ0) is 21.0. The van der Waals surface area contributed by atoms with Crippen LogP contribution in [-0.2, 0) is 9.59 Å². The number of hydrogen-bond acceptors (Lipinski definition) is 4. The van der Waals surface area contributed by atoms with Gasteiger partial charge in [0.25, 0.3) is 0 Å². The molecule has 0 radical (unpaired) electrons. The van der Waals surface area contributed by atoms with Crippen LogP contribution >= 0.6 is 11.8 Å². The normalized spacial score (nSPS) is 18.0. The fraction of sp³-hybridized carbons (Fsp3) is 0.318. The van der Waals surface area contributed by atoms with Crippen molar-refractivity contribution < 1.29 is 14.0 Å². The topological polar surface area (TPSA) is 61.8 Å². The molecule has 0 unspecified atom stereocenters. The summed E-state index contributed by atoms with van der Waals surface area (Å²) in [6, 6.07) is 13.3. The molecule has 1 aliphatic heterocycles. The Bertz CT molecular complexity index is 911. The van der Waals surface area contributed by atoms with Crippen molar-refractivity contribution in [1.29, 1.82) is 0 Å². The molecule has 0 spiro atoms. The third-order valence-corrected chi connectivity index (χ3v) is 5.50. The largest absolute Gasteiger partial charge is 0.326 e. The van der Waals surface area contributed by atoms with E-state index >= 15 is 0 Å². The van der Waals surface area contributed by atoms with Gasteiger partial charge in [0, 0.05) is 18.7 Å². The molecule has 1 saturated heterocycles. The fourth-order valence-electron chi connectivity index (χ4n) is 2.90. The van der Waals surface area contributed by atoms with Crippen molar-refractivity contribution in [3.8, 4) is 0 Å². The minimum absolute atomic E-state index is 0.0301. The third kappa shape index (κ3) is 5.67. The van der Waals surface area contributed by atoms with Crippen LogP contribution in [0.2, 0.25) is 0 Å². The van der Waals surface area contributed by atoms with Gasteiger partial charge < -0.3 is 5.32 Å². The molecule has 0 aliphatic carbocycles. The number of benzene rings is 2. The number of halogens is 1. The summed E-state index contributed by atoms with van der Waals surface area (Å²) in [5, 5.41) is 2.80. The Labute approximate surface area is 174 Å². The Balaban J connectivity index is 1.73. The fourth-order valence-corrected chi connectivity index (χ4v) is 4.07. The number of amidine groups is 1. The molecular weight excluding hydrogens is 389 g/mol. The molecule has 0 aromatic heterocycles. The molecule has 1 heterocycles. The molecule has 2 aromatic carbocycles. The second-order valence-electron chi connectivity index (χ2n) is 7.44. The summed E-state index contributed by atoms with van der Waals surface area (Å²) in [4.78, 5) is 31.6. The highest BCUT2D eigenvalue weighted by Gasteiger charge is 2.39. The molecular formula is C22H24FN3O2S. The minimum atomic E-state index is -0.529. The van der Waals surface area contributed by atoms with Gasteiger partial charge in [-0.3, -0.25) is 14.5 Å². The van der Waals surface area contributed by atoms with Crippen LogP contribution in [0.5, 0.6) is 0 Å². The van der Waals surface area contributed by atoms with Crippen LogP contribution in [0.3, 0.4) is 0 Å². The number of aryl methyl sites for hydroxylation is 1. The lowest BCUT2D eigenvalue weighted by Crippen LogP contribution is -2.36. The number of aliphatic imine (C=N–C) groups is 1. The Hall–Kier alpha value is -2.67. The van der Waals surface area contributed by atoms with E-state index in [-0.39, 0.29) is 30.0 Å². The van der Waals surface area contributed by atoms with E-state index in [4.69, 9.17) is 0 Å². The van der Waals surface area contributed by atoms with Gasteiger partial charge in [0.05, 0.1) is 5.69 Å². The molecule has 0 saturated carbocycles. The zero-order valence-corrected chi connectivity index (χ0v) is 17.5. The first-order valence-electron chi connectivity index (χ1n) is 9.50. The second kappa shape index (κ2) is 9.22. The van der Waals surface area contributed by atoms with Gasteiger partial charge in [-0.1, -0.05) is 43.3 Å². The van der Waals surface area contributed by atoms with E-state index in [9.17, 15) is 14.0 Å². The van der Waals surface area contributed by atoms with Gasteiger partial charge in [0.15, 0.2) is 5.17 Å². The minimum Gasteiger partial charge on any atom is -0.326 e. The number of rotatable bonds is 6. The van der Waals surface area contributed by atoms with Gasteiger partial charge in [0.2, 0.25) is 11.8 Å². The lowest BCUT2D eigenvalue weighted by atomic mass is 10.2. The summed E-state index contributed by atoms with van der Waals surface area (Å²) in [6.45, 7) is 6.63. The number of anilines is 1. The number of hydrogen-bond donors (Lipinski definition) is 1. The number of nitrogens with one attached hydrogen (secondary N) is 1. The average Bonchev–Trinajstić information content (AvgIpc) is 2.94. The monoisotopic (exact) mass is 413 g/mol. The molecule has 1 atom stereocenters. The van der Waals surface area contributed by atoms with E-state index in [0.717, 1.165) is 11.3 Å². The summed E-state index contributed by atoms with van der Waals surface area (Å²) >= 11 is 1.31. The van der Waals surface area contributed by atoms with Crippen molar-refractivity contribution >= 4 is 40.1 Å². The van der Waals surface area contributed by atoms with E-state index in [1.54, 1.807) is 4.90 Å². The summed E-state index contributed by atoms with van der Waals surface area (Å²) < 4.78 is 13.0. The Kier molecular flexibility index (Phi) is 6.69. The molecule has 7 heteroatoms. The lowest BCUT2D eigenvalue weighted by molar-refractivity contribution is -0.128. The highest BCUT2D eigenvalue weighted by Crippen LogP contribution is 2.32. The molecule has 1 aliphatic rings. The van der Waals surface area contributed by atoms with E-state index in [1.165, 1.54) is 36.0 Å². The standard InChI is InChI=1S/C22H24FN3O2S/c1-14(2)13-26-21(28)19(12-20(27)24-17-10-6-16(23)7-11-17)29-22(26)25-18-8-4-15(3)5-9-18/h4-11,14,19H,12-13H2,1-3H3,(H,24,27)/t19-/m0/s1. The molecule has 3 rings (SSSR count). The van der Waals surface area contributed by atoms with Crippen LogP contribution in [0.1, 0.15) is 25.8 Å². The predicted octanol–water partition coefficient (Wildman–Crippen LogP) is 4.75. The van der Waals surface area contributed by atoms with Crippen LogP contribution in [0.25, 0.3) is 0 Å². The molecule has 1 fully saturated rings. The smallest absolute Gasteiger partial charge is 0.242 e. The molecule has 2 amide bonds. The average molecular weight is 414 g/mol. The first kappa shape index (κ1) is 21.0. The maximum Gasteiger partial charge on any atom is 0.242 e. The quantitative estimate of drug-likeness (QED) is 0.743. The zero-order valence-electron chi connectivity index (χ0n) is 16.7. The van der Waals surface area contributed by atoms with Crippen molar-refractivity contribution in [3.05, 3.63) is 59.9 Å². The summed E-state index contributed by atoms with van der Waals surface area (Å²) in [5.41, 5.74) is 2.41. The molecule has 1 N–H and O–H groups in total. The Morgan fingerprint density at radius 1 is 1.17 bits per heavy atom. The Morgan fingerprint density at radius 3 is 2.45 bits per heavy atom. The van der Waals surface area contributed by atoms with Crippen molar-refractivity contribution in [2.45, 2.75) is 32.4 Å². The third-order valence-electron chi connectivity index (χ3n) is 4.33. The van der Waals surface area contributed by atoms with E-state index < -0.39 is 5.25 Å². The second-order valence-corrected chi connectivity index (χ2v) is 8.61. The van der Waals surface area contributed by atoms with E-state index in [2.05, 4.69) is 10.3 Å². The van der Waals surface area contributed by atoms with Crippen LogP contribution in [0.15, 0.2) is 53.5 Å². The van der Waals surface area contributed by atoms with Crippen molar-refractivity contribution in [2.75, 3.05) is 11.9 Å². The highest BCUT2D eigenvalue weighted by atomic mass is 32.2. The van der Waals surface area contributed by atoms with Crippen LogP contribution in [0.4, 0.5) is 15.8 Å². The number of amides is 2. The molecule has 152 valence electrons. The molecule has 5 nitrogen and oxygen atoms in total. The Morgan fingerprint density at radius 2 is 1.83 bits per heavy atom. The summed E-state index contributed by atoms with van der Waals surface area (Å²) in [7, 11) is 0. The van der Waals surface area contributed by atoms with Gasteiger partial charge in [-0.25, -0.2) is 9.38 Å². The number of carbonyl (C=O) groups excluding carboxylic acids is 2. The SMILES string of the molecule is Cc1ccc(N=C2S[C@@H](CC(=O)Nc3ccc(F)cc3)C(=O)N2CC(C)C)cc1. The number of carbonyl (C=O) groups is 2. The van der Waals surface area contributed by atoms with Crippen molar-refractivity contribution in [2.24, 2.45) is 10.9 Å². The van der Waals surface area contributed by atoms with Gasteiger partial charge >= 0.3 is 0 Å². The first-order chi connectivity index (χ1) is 13.8. The molecule has 29 heavy (non-hydrogen) atoms. The first-order valence-corrected chi connectivity index (χ1v) is 10.4. The van der Waals surface area contributed by atoms with Crippen molar-refractivity contribution in [3.63, 3.8) is 0 Å². The van der Waals surface area contributed by atoms with Crippen LogP contribution in [-0.4, -0.2) is 33.7 Å². The van der Waals surface area contributed by atoms with Gasteiger partial charge in [-0.05, 0) is 49.2 Å². The number of nitrogens with zero attached hydrogens (tertiary/aromatic N) is 2. The van der Waals surface area contributed by atoms with Gasteiger partial charge in [0.1, 0.15) is 11.1 Å². The predicted molar refractivity (Wildman–Crippen MR) is 116 cm³/mol. The van der Waals surface area contributed by atoms with Gasteiger partial charge in [-0.15, -0.1) is 0 Å². The molecule has 2 aromatic rings. The summed E-state index contributed by atoms with van der Waals surface area (Å²) in [5.74, 6) is -0.493. The molecule has 0 bridgehead atoms. The van der Waals surface area contributed by atoms with E-state index in [0.29, 0.717) is 17.4 Å². The van der Waals surface area contributed by atoms with Crippen LogP contribution in [0, 0.1) is 18.7 Å². The van der Waals surface area contributed by atoms with Crippen molar-refractivity contribution in [1.82, 2.24) is 4.90 Å². The highest BCUT2D eigenvalue weighted by molar-refractivity contribution is 8.15. The summed E-state index contributed by atoms with van der Waals surface area (Å²) in [6.07, 6.45) is 0.0301. The van der Waals surface area contributed by atoms with E-state index in [1.807, 2.05) is 45.0 Å². The van der Waals surface area contributed by atoms with Gasteiger partial charge in [-0.2, -0.15) is 0 Å². The maximum absolute atomic E-state index is 13.0. The number of thioether (sulfide) groups is 1.